The number of hydrogen-bond donors (Lipinski definition) is 0. The van der Waals surface area contributed by atoms with Crippen molar-refractivity contribution in [1.82, 2.24) is 9.80 Å². The van der Waals surface area contributed by atoms with Gasteiger partial charge in [-0.3, -0.25) is 14.5 Å². The average Bonchev–Trinajstić information content (AvgIpc) is 2.92. The molecule has 0 N–H and O–H groups in total. The molecule has 0 aliphatic carbocycles. The van der Waals surface area contributed by atoms with Crippen molar-refractivity contribution in [1.29, 1.82) is 0 Å². The van der Waals surface area contributed by atoms with Crippen molar-refractivity contribution in [3.05, 3.63) is 0 Å². The number of ether oxygens (including phenoxy) is 2. The molecule has 6 heteroatoms. The van der Waals surface area contributed by atoms with Gasteiger partial charge in [-0.05, 0) is 12.8 Å². The molecule has 2 aliphatic rings. The maximum Gasteiger partial charge on any atom is 0.325 e. The molecule has 0 aromatic heterocycles. The number of amides is 1. The van der Waals surface area contributed by atoms with Crippen LogP contribution in [0.4, 0.5) is 0 Å². The SMILES string of the molecule is COC(=O)C1COCCN1CC(=O)N1CCCC1. The largest absolute Gasteiger partial charge is 0.468 e. The monoisotopic (exact) mass is 256 g/mol. The van der Waals surface area contributed by atoms with Gasteiger partial charge in [0.2, 0.25) is 5.91 Å². The van der Waals surface area contributed by atoms with Gasteiger partial charge in [-0.1, -0.05) is 0 Å². The van der Waals surface area contributed by atoms with Crippen LogP contribution in [0.1, 0.15) is 12.8 Å². The number of esters is 1. The molecule has 1 unspecified atom stereocenters. The number of methoxy groups -OCH3 is 1. The highest BCUT2D eigenvalue weighted by atomic mass is 16.5. The molecule has 2 fully saturated rings. The lowest BCUT2D eigenvalue weighted by Gasteiger charge is -2.33. The molecule has 0 aromatic carbocycles. The molecule has 2 aliphatic heterocycles. The van der Waals surface area contributed by atoms with E-state index < -0.39 is 6.04 Å². The van der Waals surface area contributed by atoms with Crippen LogP contribution < -0.4 is 0 Å². The summed E-state index contributed by atoms with van der Waals surface area (Å²) in [5.74, 6) is -0.229. The maximum absolute atomic E-state index is 12.1. The van der Waals surface area contributed by atoms with Crippen LogP contribution in [0.5, 0.6) is 0 Å². The van der Waals surface area contributed by atoms with Crippen molar-refractivity contribution < 1.29 is 19.1 Å². The second-order valence-corrected chi connectivity index (χ2v) is 4.67. The lowest BCUT2D eigenvalue weighted by molar-refractivity contribution is -0.154. The highest BCUT2D eigenvalue weighted by Crippen LogP contribution is 2.12. The van der Waals surface area contributed by atoms with Gasteiger partial charge in [0, 0.05) is 19.6 Å². The van der Waals surface area contributed by atoms with Crippen molar-refractivity contribution in [3.8, 4) is 0 Å². The van der Waals surface area contributed by atoms with Gasteiger partial charge in [-0.15, -0.1) is 0 Å². The summed E-state index contributed by atoms with van der Waals surface area (Å²) >= 11 is 0. The van der Waals surface area contributed by atoms with Crippen LogP contribution in [-0.4, -0.2) is 74.2 Å². The summed E-state index contributed by atoms with van der Waals surface area (Å²) in [4.78, 5) is 27.4. The first-order chi connectivity index (χ1) is 8.72. The van der Waals surface area contributed by atoms with Crippen LogP contribution in [0.2, 0.25) is 0 Å². The van der Waals surface area contributed by atoms with Gasteiger partial charge >= 0.3 is 5.97 Å². The molecule has 2 heterocycles. The van der Waals surface area contributed by atoms with Crippen LogP contribution in [0.25, 0.3) is 0 Å². The molecular formula is C12H20N2O4. The summed E-state index contributed by atoms with van der Waals surface area (Å²) < 4.78 is 10.0. The Hall–Kier alpha value is -1.14. The normalized spacial score (nSPS) is 25.2. The minimum atomic E-state index is -0.449. The number of likely N-dealkylation sites (tertiary alicyclic amines) is 1. The zero-order valence-corrected chi connectivity index (χ0v) is 10.8. The van der Waals surface area contributed by atoms with E-state index in [4.69, 9.17) is 9.47 Å². The van der Waals surface area contributed by atoms with Gasteiger partial charge in [-0.25, -0.2) is 0 Å². The Kier molecular flexibility index (Phi) is 4.54. The quantitative estimate of drug-likeness (QED) is 0.636. The van der Waals surface area contributed by atoms with Gasteiger partial charge in [-0.2, -0.15) is 0 Å². The molecule has 0 radical (unpaired) electrons. The zero-order chi connectivity index (χ0) is 13.0. The molecule has 0 bridgehead atoms. The molecule has 2 saturated heterocycles. The summed E-state index contributed by atoms with van der Waals surface area (Å²) in [6, 6.07) is -0.449. The van der Waals surface area contributed by atoms with Crippen LogP contribution in [0.15, 0.2) is 0 Å². The molecule has 0 aromatic rings. The molecule has 6 nitrogen and oxygen atoms in total. The molecule has 102 valence electrons. The van der Waals surface area contributed by atoms with Crippen molar-refractivity contribution in [2.24, 2.45) is 0 Å². The first-order valence-corrected chi connectivity index (χ1v) is 6.40. The standard InChI is InChI=1S/C12H20N2O4/c1-17-12(16)10-9-18-7-6-14(10)8-11(15)13-4-2-3-5-13/h10H,2-9H2,1H3. The number of hydrogen-bond acceptors (Lipinski definition) is 5. The Labute approximate surface area is 107 Å². The Morgan fingerprint density at radius 2 is 2.00 bits per heavy atom. The van der Waals surface area contributed by atoms with Crippen molar-refractivity contribution >= 4 is 11.9 Å². The number of carbonyl (C=O) groups excluding carboxylic acids is 2. The number of morpholine rings is 1. The fraction of sp³-hybridized carbons (Fsp3) is 0.833. The zero-order valence-electron chi connectivity index (χ0n) is 10.8. The number of nitrogens with zero attached hydrogens (tertiary/aromatic N) is 2. The van der Waals surface area contributed by atoms with E-state index in [2.05, 4.69) is 0 Å². The molecule has 2 rings (SSSR count). The highest BCUT2D eigenvalue weighted by molar-refractivity contribution is 5.81. The van der Waals surface area contributed by atoms with E-state index in [0.717, 1.165) is 25.9 Å². The second kappa shape index (κ2) is 6.15. The van der Waals surface area contributed by atoms with E-state index in [-0.39, 0.29) is 18.4 Å². The fourth-order valence-electron chi connectivity index (χ4n) is 2.42. The first-order valence-electron chi connectivity index (χ1n) is 6.40. The smallest absolute Gasteiger partial charge is 0.325 e. The average molecular weight is 256 g/mol. The van der Waals surface area contributed by atoms with Crippen molar-refractivity contribution in [3.63, 3.8) is 0 Å². The third-order valence-electron chi connectivity index (χ3n) is 3.51. The molecular weight excluding hydrogens is 236 g/mol. The molecule has 1 amide bonds. The maximum atomic E-state index is 12.1. The van der Waals surface area contributed by atoms with Crippen molar-refractivity contribution in [2.75, 3.05) is 46.5 Å². The highest BCUT2D eigenvalue weighted by Gasteiger charge is 2.32. The van der Waals surface area contributed by atoms with Crippen LogP contribution in [0.3, 0.4) is 0 Å². The van der Waals surface area contributed by atoms with Crippen LogP contribution in [0, 0.1) is 0 Å². The lowest BCUT2D eigenvalue weighted by Crippen LogP contribution is -2.53. The summed E-state index contributed by atoms with van der Waals surface area (Å²) in [6.07, 6.45) is 2.16. The predicted octanol–water partition coefficient (Wildman–Crippen LogP) is -0.517. The van der Waals surface area contributed by atoms with E-state index in [1.54, 1.807) is 0 Å². The van der Waals surface area contributed by atoms with Gasteiger partial charge in [0.25, 0.3) is 0 Å². The van der Waals surface area contributed by atoms with Gasteiger partial charge in [0.15, 0.2) is 0 Å². The van der Waals surface area contributed by atoms with E-state index in [9.17, 15) is 9.59 Å². The molecule has 1 atom stereocenters. The summed E-state index contributed by atoms with van der Waals surface area (Å²) in [5, 5.41) is 0. The Morgan fingerprint density at radius 3 is 2.67 bits per heavy atom. The van der Waals surface area contributed by atoms with E-state index in [0.29, 0.717) is 19.8 Å². The topological polar surface area (TPSA) is 59.1 Å². The summed E-state index contributed by atoms with van der Waals surface area (Å²) in [7, 11) is 1.36. The van der Waals surface area contributed by atoms with Gasteiger partial charge in [0.1, 0.15) is 6.04 Å². The lowest BCUT2D eigenvalue weighted by atomic mass is 10.2. The summed E-state index contributed by atoms with van der Waals surface area (Å²) in [5.41, 5.74) is 0. The number of carbonyl (C=O) groups is 2. The fourth-order valence-corrected chi connectivity index (χ4v) is 2.42. The first kappa shape index (κ1) is 13.3. The molecule has 0 spiro atoms. The predicted molar refractivity (Wildman–Crippen MR) is 64.0 cm³/mol. The Morgan fingerprint density at radius 1 is 1.28 bits per heavy atom. The van der Waals surface area contributed by atoms with E-state index >= 15 is 0 Å². The minimum Gasteiger partial charge on any atom is -0.468 e. The van der Waals surface area contributed by atoms with E-state index in [1.165, 1.54) is 7.11 Å². The van der Waals surface area contributed by atoms with Gasteiger partial charge < -0.3 is 14.4 Å². The van der Waals surface area contributed by atoms with Gasteiger partial charge in [0.05, 0.1) is 26.9 Å². The summed E-state index contributed by atoms with van der Waals surface area (Å²) in [6.45, 7) is 3.42. The molecule has 0 saturated carbocycles. The third-order valence-corrected chi connectivity index (χ3v) is 3.51. The van der Waals surface area contributed by atoms with E-state index in [1.807, 2.05) is 9.80 Å². The van der Waals surface area contributed by atoms with Crippen LogP contribution in [-0.2, 0) is 19.1 Å². The van der Waals surface area contributed by atoms with Crippen LogP contribution >= 0.6 is 0 Å². The second-order valence-electron chi connectivity index (χ2n) is 4.67. The Balaban J connectivity index is 1.92. The van der Waals surface area contributed by atoms with Crippen molar-refractivity contribution in [2.45, 2.75) is 18.9 Å². The molecule has 18 heavy (non-hydrogen) atoms. The third kappa shape index (κ3) is 3.00. The number of rotatable bonds is 3. The minimum absolute atomic E-state index is 0.100. The Bertz CT molecular complexity index is 315.